The maximum absolute atomic E-state index is 12.8. The van der Waals surface area contributed by atoms with Gasteiger partial charge in [0.2, 0.25) is 5.91 Å². The van der Waals surface area contributed by atoms with Crippen LogP contribution in [-0.2, 0) is 4.79 Å². The maximum Gasteiger partial charge on any atom is 0.251 e. The standard InChI is InChI=1S/C26H41N5O2/c1-26(2,3)20-27-25(33)21-7-9-23(10-8-21)29-13-11-28(12-14-29)19-24(32)31-17-15-30(16-18-31)22-5-4-6-22/h7-10,22H,4-6,11-20H2,1-3H3,(H,27,33). The highest BCUT2D eigenvalue weighted by molar-refractivity contribution is 5.94. The van der Waals surface area contributed by atoms with Crippen LogP contribution in [0, 0.1) is 5.41 Å². The van der Waals surface area contributed by atoms with E-state index in [-0.39, 0.29) is 17.2 Å². The zero-order valence-corrected chi connectivity index (χ0v) is 20.7. The zero-order valence-electron chi connectivity index (χ0n) is 20.7. The van der Waals surface area contributed by atoms with Gasteiger partial charge in [-0.05, 0) is 42.5 Å². The summed E-state index contributed by atoms with van der Waals surface area (Å²) in [6.45, 7) is 14.9. The molecule has 182 valence electrons. The highest BCUT2D eigenvalue weighted by atomic mass is 16.2. The molecule has 1 N–H and O–H groups in total. The van der Waals surface area contributed by atoms with E-state index in [1.165, 1.54) is 19.3 Å². The monoisotopic (exact) mass is 455 g/mol. The maximum atomic E-state index is 12.8. The van der Waals surface area contributed by atoms with E-state index in [1.807, 2.05) is 24.3 Å². The van der Waals surface area contributed by atoms with Crippen molar-refractivity contribution in [2.75, 3.05) is 70.3 Å². The summed E-state index contributed by atoms with van der Waals surface area (Å²) in [5.74, 6) is 0.260. The molecule has 1 aromatic rings. The van der Waals surface area contributed by atoms with Crippen molar-refractivity contribution >= 4 is 17.5 Å². The largest absolute Gasteiger partial charge is 0.369 e. The van der Waals surface area contributed by atoms with Crippen LogP contribution in [0.25, 0.3) is 0 Å². The highest BCUT2D eigenvalue weighted by Gasteiger charge is 2.30. The number of nitrogens with one attached hydrogen (secondary N) is 1. The van der Waals surface area contributed by atoms with Crippen LogP contribution in [0.15, 0.2) is 24.3 Å². The molecule has 7 nitrogen and oxygen atoms in total. The average molecular weight is 456 g/mol. The molecule has 0 atom stereocenters. The third-order valence-corrected chi connectivity index (χ3v) is 7.26. The molecule has 1 saturated carbocycles. The fourth-order valence-corrected chi connectivity index (χ4v) is 4.81. The lowest BCUT2D eigenvalue weighted by molar-refractivity contribution is -0.134. The number of hydrogen-bond acceptors (Lipinski definition) is 5. The molecule has 0 bridgehead atoms. The van der Waals surface area contributed by atoms with Crippen LogP contribution in [0.5, 0.6) is 0 Å². The van der Waals surface area contributed by atoms with Gasteiger partial charge in [-0.15, -0.1) is 0 Å². The number of rotatable bonds is 6. The SMILES string of the molecule is CC(C)(C)CNC(=O)c1ccc(N2CCN(CC(=O)N3CCN(C4CCC4)CC3)CC2)cc1. The molecule has 0 unspecified atom stereocenters. The molecule has 3 aliphatic rings. The first-order valence-electron chi connectivity index (χ1n) is 12.7. The highest BCUT2D eigenvalue weighted by Crippen LogP contribution is 2.25. The van der Waals surface area contributed by atoms with Crippen LogP contribution in [0.2, 0.25) is 0 Å². The van der Waals surface area contributed by atoms with E-state index in [0.717, 1.165) is 64.1 Å². The molecule has 3 fully saturated rings. The molecule has 7 heteroatoms. The van der Waals surface area contributed by atoms with E-state index in [2.05, 4.69) is 45.7 Å². The van der Waals surface area contributed by atoms with Crippen molar-refractivity contribution in [2.24, 2.45) is 5.41 Å². The Morgan fingerprint density at radius 2 is 1.55 bits per heavy atom. The van der Waals surface area contributed by atoms with Crippen LogP contribution in [0.1, 0.15) is 50.4 Å². The summed E-state index contributed by atoms with van der Waals surface area (Å²) >= 11 is 0. The second kappa shape index (κ2) is 10.4. The number of carbonyl (C=O) groups excluding carboxylic acids is 2. The van der Waals surface area contributed by atoms with Gasteiger partial charge >= 0.3 is 0 Å². The van der Waals surface area contributed by atoms with Gasteiger partial charge in [0.25, 0.3) is 5.91 Å². The van der Waals surface area contributed by atoms with E-state index in [0.29, 0.717) is 18.7 Å². The summed E-state index contributed by atoms with van der Waals surface area (Å²) in [7, 11) is 0. The Labute approximate surface area is 199 Å². The first kappa shape index (κ1) is 24.0. The number of hydrogen-bond donors (Lipinski definition) is 1. The Bertz CT molecular complexity index is 799. The summed E-state index contributed by atoms with van der Waals surface area (Å²) in [6, 6.07) is 8.67. The third kappa shape index (κ3) is 6.48. The van der Waals surface area contributed by atoms with Gasteiger partial charge in [-0.1, -0.05) is 27.2 Å². The third-order valence-electron chi connectivity index (χ3n) is 7.26. The molecular weight excluding hydrogens is 414 g/mol. The lowest BCUT2D eigenvalue weighted by Crippen LogP contribution is -2.56. The normalized spacial score (nSPS) is 21.1. The first-order valence-corrected chi connectivity index (χ1v) is 12.7. The van der Waals surface area contributed by atoms with Gasteiger partial charge in [0.1, 0.15) is 0 Å². The van der Waals surface area contributed by atoms with Gasteiger partial charge in [0, 0.05) is 76.2 Å². The van der Waals surface area contributed by atoms with E-state index in [4.69, 9.17) is 0 Å². The Hall–Kier alpha value is -2.12. The second-order valence-corrected chi connectivity index (χ2v) is 11.1. The van der Waals surface area contributed by atoms with Gasteiger partial charge in [0.05, 0.1) is 6.54 Å². The molecule has 4 rings (SSSR count). The van der Waals surface area contributed by atoms with Crippen LogP contribution >= 0.6 is 0 Å². The van der Waals surface area contributed by atoms with Crippen molar-refractivity contribution in [3.05, 3.63) is 29.8 Å². The van der Waals surface area contributed by atoms with Crippen molar-refractivity contribution in [1.82, 2.24) is 20.0 Å². The number of nitrogens with zero attached hydrogens (tertiary/aromatic N) is 4. The minimum Gasteiger partial charge on any atom is -0.369 e. The van der Waals surface area contributed by atoms with Crippen molar-refractivity contribution in [2.45, 2.75) is 46.1 Å². The number of anilines is 1. The lowest BCUT2D eigenvalue weighted by atomic mass is 9.91. The summed E-state index contributed by atoms with van der Waals surface area (Å²) in [5, 5.41) is 3.00. The molecule has 2 amide bonds. The molecule has 2 saturated heterocycles. The van der Waals surface area contributed by atoms with E-state index >= 15 is 0 Å². The van der Waals surface area contributed by atoms with Gasteiger partial charge in [-0.3, -0.25) is 19.4 Å². The fourth-order valence-electron chi connectivity index (χ4n) is 4.81. The smallest absolute Gasteiger partial charge is 0.251 e. The molecule has 33 heavy (non-hydrogen) atoms. The topological polar surface area (TPSA) is 59.1 Å². The lowest BCUT2D eigenvalue weighted by Gasteiger charge is -2.43. The number of benzene rings is 1. The first-order chi connectivity index (χ1) is 15.8. The number of amides is 2. The molecule has 0 radical (unpaired) electrons. The zero-order chi connectivity index (χ0) is 23.4. The molecule has 1 aromatic carbocycles. The number of carbonyl (C=O) groups is 2. The van der Waals surface area contributed by atoms with Gasteiger partial charge in [0.15, 0.2) is 0 Å². The summed E-state index contributed by atoms with van der Waals surface area (Å²) in [5.41, 5.74) is 1.91. The van der Waals surface area contributed by atoms with Gasteiger partial charge in [-0.2, -0.15) is 0 Å². The van der Waals surface area contributed by atoms with Crippen molar-refractivity contribution in [3.8, 4) is 0 Å². The fraction of sp³-hybridized carbons (Fsp3) is 0.692. The quantitative estimate of drug-likeness (QED) is 0.713. The Morgan fingerprint density at radius 3 is 2.09 bits per heavy atom. The molecular formula is C26H41N5O2. The van der Waals surface area contributed by atoms with E-state index in [9.17, 15) is 9.59 Å². The Morgan fingerprint density at radius 1 is 0.909 bits per heavy atom. The molecule has 2 aliphatic heterocycles. The van der Waals surface area contributed by atoms with Crippen LogP contribution in [0.4, 0.5) is 5.69 Å². The van der Waals surface area contributed by atoms with Crippen LogP contribution in [-0.4, -0.2) is 98.0 Å². The second-order valence-electron chi connectivity index (χ2n) is 11.1. The minimum absolute atomic E-state index is 0.0201. The van der Waals surface area contributed by atoms with Crippen LogP contribution in [0.3, 0.4) is 0 Å². The average Bonchev–Trinajstić information content (AvgIpc) is 2.77. The summed E-state index contributed by atoms with van der Waals surface area (Å²) in [6.07, 6.45) is 4.05. The van der Waals surface area contributed by atoms with Crippen molar-refractivity contribution in [1.29, 1.82) is 0 Å². The minimum atomic E-state index is -0.0201. The Kier molecular flexibility index (Phi) is 7.59. The van der Waals surface area contributed by atoms with E-state index < -0.39 is 0 Å². The van der Waals surface area contributed by atoms with Crippen molar-refractivity contribution < 1.29 is 9.59 Å². The van der Waals surface area contributed by atoms with Gasteiger partial charge in [-0.25, -0.2) is 0 Å². The molecule has 2 heterocycles. The van der Waals surface area contributed by atoms with Crippen molar-refractivity contribution in [3.63, 3.8) is 0 Å². The van der Waals surface area contributed by atoms with Gasteiger partial charge < -0.3 is 15.1 Å². The predicted molar refractivity (Wildman–Crippen MR) is 133 cm³/mol. The molecule has 0 aromatic heterocycles. The predicted octanol–water partition coefficient (Wildman–Crippen LogP) is 2.28. The Balaban J connectivity index is 1.19. The summed E-state index contributed by atoms with van der Waals surface area (Å²) in [4.78, 5) is 34.4. The van der Waals surface area contributed by atoms with Crippen LogP contribution < -0.4 is 10.2 Å². The molecule has 0 spiro atoms. The van der Waals surface area contributed by atoms with E-state index in [1.54, 1.807) is 0 Å². The number of piperazine rings is 2. The molecule has 1 aliphatic carbocycles. The summed E-state index contributed by atoms with van der Waals surface area (Å²) < 4.78 is 0.